The molecule has 0 heterocycles. The summed E-state index contributed by atoms with van der Waals surface area (Å²) in [4.78, 5) is 0. The van der Waals surface area contributed by atoms with Crippen LogP contribution in [0.25, 0.3) is 0 Å². The van der Waals surface area contributed by atoms with E-state index in [-0.39, 0.29) is 6.04 Å². The normalized spacial score (nSPS) is 12.2. The number of hydrogen-bond acceptors (Lipinski definition) is 2. The Morgan fingerprint density at radius 2 is 2.00 bits per heavy atom. The van der Waals surface area contributed by atoms with Crippen molar-refractivity contribution in [1.29, 1.82) is 0 Å². The van der Waals surface area contributed by atoms with Crippen molar-refractivity contribution in [3.8, 4) is 5.75 Å². The Morgan fingerprint density at radius 1 is 1.25 bits per heavy atom. The predicted octanol–water partition coefficient (Wildman–Crippen LogP) is 5.01. The van der Waals surface area contributed by atoms with Crippen molar-refractivity contribution in [2.75, 3.05) is 7.11 Å². The van der Waals surface area contributed by atoms with Crippen LogP contribution in [0.3, 0.4) is 0 Å². The number of rotatable bonds is 4. The van der Waals surface area contributed by atoms with E-state index in [1.165, 1.54) is 0 Å². The smallest absolute Gasteiger partial charge is 0.122 e. The van der Waals surface area contributed by atoms with Crippen molar-refractivity contribution in [2.24, 2.45) is 5.73 Å². The first-order valence-corrected chi connectivity index (χ1v) is 7.59. The van der Waals surface area contributed by atoms with Gasteiger partial charge in [0.05, 0.1) is 17.2 Å². The molecule has 1 atom stereocenters. The monoisotopic (exact) mass is 373 g/mol. The van der Waals surface area contributed by atoms with Crippen LogP contribution in [0.15, 0.2) is 40.9 Å². The van der Waals surface area contributed by atoms with Crippen molar-refractivity contribution in [3.05, 3.63) is 62.0 Å². The lowest BCUT2D eigenvalue weighted by Crippen LogP contribution is -2.14. The maximum atomic E-state index is 6.26. The number of ether oxygens (including phenoxy) is 1. The van der Waals surface area contributed by atoms with Gasteiger partial charge in [-0.1, -0.05) is 51.3 Å². The topological polar surface area (TPSA) is 35.2 Å². The molecule has 0 aliphatic heterocycles. The molecule has 2 aromatic carbocycles. The molecule has 0 bridgehead atoms. The van der Waals surface area contributed by atoms with E-state index in [1.54, 1.807) is 13.2 Å². The summed E-state index contributed by atoms with van der Waals surface area (Å²) < 4.78 is 6.34. The van der Waals surface area contributed by atoms with E-state index >= 15 is 0 Å². The first kappa shape index (κ1) is 15.6. The van der Waals surface area contributed by atoms with Gasteiger partial charge in [0.25, 0.3) is 0 Å². The molecule has 1 unspecified atom stereocenters. The van der Waals surface area contributed by atoms with Crippen molar-refractivity contribution in [3.63, 3.8) is 0 Å². The molecular formula is C15H14BrCl2NO. The molecule has 0 fully saturated rings. The molecule has 0 amide bonds. The summed E-state index contributed by atoms with van der Waals surface area (Å²) in [5, 5.41) is 1.02. The van der Waals surface area contributed by atoms with Crippen LogP contribution in [0.1, 0.15) is 17.2 Å². The second kappa shape index (κ2) is 6.81. The van der Waals surface area contributed by atoms with Gasteiger partial charge in [0.2, 0.25) is 0 Å². The van der Waals surface area contributed by atoms with Gasteiger partial charge in [0, 0.05) is 10.5 Å². The molecule has 0 spiro atoms. The lowest BCUT2D eigenvalue weighted by molar-refractivity contribution is 0.408. The summed E-state index contributed by atoms with van der Waals surface area (Å²) in [6.07, 6.45) is 0.614. The Labute approximate surface area is 137 Å². The third kappa shape index (κ3) is 3.47. The largest absolute Gasteiger partial charge is 0.496 e. The van der Waals surface area contributed by atoms with Gasteiger partial charge in [0.1, 0.15) is 5.75 Å². The van der Waals surface area contributed by atoms with Gasteiger partial charge in [-0.3, -0.25) is 0 Å². The lowest BCUT2D eigenvalue weighted by atomic mass is 9.99. The highest BCUT2D eigenvalue weighted by molar-refractivity contribution is 9.10. The molecule has 2 rings (SSSR count). The molecule has 0 saturated heterocycles. The molecule has 0 aromatic heterocycles. The fourth-order valence-electron chi connectivity index (χ4n) is 2.06. The second-order valence-electron chi connectivity index (χ2n) is 4.41. The Hall–Kier alpha value is -0.740. The van der Waals surface area contributed by atoms with Crippen molar-refractivity contribution >= 4 is 39.1 Å². The van der Waals surface area contributed by atoms with Gasteiger partial charge in [0.15, 0.2) is 0 Å². The van der Waals surface area contributed by atoms with E-state index in [0.717, 1.165) is 21.3 Å². The van der Waals surface area contributed by atoms with E-state index in [2.05, 4.69) is 15.9 Å². The van der Waals surface area contributed by atoms with Crippen molar-refractivity contribution < 1.29 is 4.74 Å². The van der Waals surface area contributed by atoms with Crippen LogP contribution in [0, 0.1) is 0 Å². The van der Waals surface area contributed by atoms with Crippen LogP contribution >= 0.6 is 39.1 Å². The minimum Gasteiger partial charge on any atom is -0.496 e. The minimum absolute atomic E-state index is 0.246. The molecule has 20 heavy (non-hydrogen) atoms. The van der Waals surface area contributed by atoms with Crippen LogP contribution in [-0.2, 0) is 6.42 Å². The van der Waals surface area contributed by atoms with Crippen LogP contribution in [0.4, 0.5) is 0 Å². The molecule has 0 saturated carbocycles. The highest BCUT2D eigenvalue weighted by Crippen LogP contribution is 2.32. The van der Waals surface area contributed by atoms with Gasteiger partial charge < -0.3 is 10.5 Å². The van der Waals surface area contributed by atoms with Gasteiger partial charge in [-0.25, -0.2) is 0 Å². The molecule has 2 N–H and O–H groups in total. The van der Waals surface area contributed by atoms with Crippen LogP contribution < -0.4 is 10.5 Å². The number of benzene rings is 2. The number of methoxy groups -OCH3 is 1. The molecule has 106 valence electrons. The van der Waals surface area contributed by atoms with E-state index in [4.69, 9.17) is 33.7 Å². The summed E-state index contributed by atoms with van der Waals surface area (Å²) in [7, 11) is 1.64. The highest BCUT2D eigenvalue weighted by atomic mass is 79.9. The fourth-order valence-corrected chi connectivity index (χ4v) is 2.92. The van der Waals surface area contributed by atoms with E-state index in [0.29, 0.717) is 16.5 Å². The number of halogens is 3. The minimum atomic E-state index is -0.246. The van der Waals surface area contributed by atoms with Crippen molar-refractivity contribution in [1.82, 2.24) is 0 Å². The summed E-state index contributed by atoms with van der Waals surface area (Å²) in [6, 6.07) is 11.1. The van der Waals surface area contributed by atoms with Gasteiger partial charge in [-0.15, -0.1) is 0 Å². The van der Waals surface area contributed by atoms with E-state index in [1.807, 2.05) is 30.3 Å². The summed E-state index contributed by atoms with van der Waals surface area (Å²) >= 11 is 15.7. The van der Waals surface area contributed by atoms with Gasteiger partial charge >= 0.3 is 0 Å². The third-order valence-electron chi connectivity index (χ3n) is 3.06. The maximum absolute atomic E-state index is 6.26. The first-order valence-electron chi connectivity index (χ1n) is 6.05. The Balaban J connectivity index is 2.30. The summed E-state index contributed by atoms with van der Waals surface area (Å²) in [5.41, 5.74) is 8.11. The summed E-state index contributed by atoms with van der Waals surface area (Å²) in [5.74, 6) is 0.807. The molecular weight excluding hydrogens is 361 g/mol. The molecule has 0 radical (unpaired) electrons. The Kier molecular flexibility index (Phi) is 5.33. The third-order valence-corrected chi connectivity index (χ3v) is 4.39. The zero-order valence-corrected chi connectivity index (χ0v) is 14.0. The number of hydrogen-bond donors (Lipinski definition) is 1. The zero-order chi connectivity index (χ0) is 14.7. The Morgan fingerprint density at radius 3 is 2.70 bits per heavy atom. The molecule has 0 aliphatic carbocycles. The summed E-state index contributed by atoms with van der Waals surface area (Å²) in [6.45, 7) is 0. The Bertz CT molecular complexity index is 619. The maximum Gasteiger partial charge on any atom is 0.122 e. The second-order valence-corrected chi connectivity index (χ2v) is 6.11. The van der Waals surface area contributed by atoms with E-state index in [9.17, 15) is 0 Å². The predicted molar refractivity (Wildman–Crippen MR) is 87.8 cm³/mol. The highest BCUT2D eigenvalue weighted by Gasteiger charge is 2.15. The van der Waals surface area contributed by atoms with Crippen LogP contribution in [0.5, 0.6) is 5.75 Å². The van der Waals surface area contributed by atoms with Crippen molar-refractivity contribution in [2.45, 2.75) is 12.5 Å². The zero-order valence-electron chi connectivity index (χ0n) is 10.9. The number of nitrogens with two attached hydrogens (primary N) is 1. The SMILES string of the molecule is COc1ccc(Br)cc1CC(N)c1cccc(Cl)c1Cl. The van der Waals surface area contributed by atoms with Gasteiger partial charge in [-0.05, 0) is 41.8 Å². The average Bonchev–Trinajstić information content (AvgIpc) is 2.42. The average molecular weight is 375 g/mol. The van der Waals surface area contributed by atoms with Gasteiger partial charge in [-0.2, -0.15) is 0 Å². The first-order chi connectivity index (χ1) is 9.52. The fraction of sp³-hybridized carbons (Fsp3) is 0.200. The molecule has 5 heteroatoms. The molecule has 2 aromatic rings. The standard InChI is InChI=1S/C15H14BrCl2NO/c1-20-14-6-5-10(16)7-9(14)8-13(19)11-3-2-4-12(17)15(11)18/h2-7,13H,8,19H2,1H3. The van der Waals surface area contributed by atoms with E-state index < -0.39 is 0 Å². The molecule has 0 aliphatic rings. The molecule has 2 nitrogen and oxygen atoms in total. The quantitative estimate of drug-likeness (QED) is 0.816. The van der Waals surface area contributed by atoms with Crippen LogP contribution in [0.2, 0.25) is 10.0 Å². The van der Waals surface area contributed by atoms with Crippen LogP contribution in [-0.4, -0.2) is 7.11 Å². The lowest BCUT2D eigenvalue weighted by Gasteiger charge is -2.16.